The van der Waals surface area contributed by atoms with Crippen LogP contribution in [0.3, 0.4) is 0 Å². The molecule has 2 rings (SSSR count). The second-order valence-electron chi connectivity index (χ2n) is 4.01. The predicted octanol–water partition coefficient (Wildman–Crippen LogP) is 4.77. The number of para-hydroxylation sites is 1. The van der Waals surface area contributed by atoms with Crippen molar-refractivity contribution in [1.82, 2.24) is 0 Å². The normalized spacial score (nSPS) is 11.8. The maximum absolute atomic E-state index is 5.72. The van der Waals surface area contributed by atoms with Crippen LogP contribution >= 0.6 is 0 Å². The Balaban J connectivity index is 2.11. The zero-order valence-electron chi connectivity index (χ0n) is 9.97. The van der Waals surface area contributed by atoms with E-state index in [1.807, 2.05) is 48.5 Å². The van der Waals surface area contributed by atoms with Gasteiger partial charge in [0.2, 0.25) is 0 Å². The van der Waals surface area contributed by atoms with Crippen LogP contribution in [0.2, 0.25) is 0 Å². The average molecular weight is 224 g/mol. The van der Waals surface area contributed by atoms with Gasteiger partial charge in [-0.2, -0.15) is 0 Å². The van der Waals surface area contributed by atoms with Crippen molar-refractivity contribution in [3.8, 4) is 11.5 Å². The Bertz CT molecular complexity index is 471. The van der Waals surface area contributed by atoms with E-state index in [-0.39, 0.29) is 0 Å². The summed E-state index contributed by atoms with van der Waals surface area (Å²) in [4.78, 5) is 0. The molecule has 0 spiro atoms. The molecule has 0 aliphatic carbocycles. The lowest BCUT2D eigenvalue weighted by Crippen LogP contribution is -1.89. The number of allylic oxidation sites excluding steroid dienone is 1. The maximum Gasteiger partial charge on any atom is 0.127 e. The Morgan fingerprint density at radius 1 is 0.941 bits per heavy atom. The maximum atomic E-state index is 5.72. The smallest absolute Gasteiger partial charge is 0.127 e. The van der Waals surface area contributed by atoms with Crippen LogP contribution in [0.5, 0.6) is 11.5 Å². The van der Waals surface area contributed by atoms with Gasteiger partial charge in [-0.15, -0.1) is 6.58 Å². The van der Waals surface area contributed by atoms with Crippen molar-refractivity contribution in [3.05, 3.63) is 72.8 Å². The zero-order valence-corrected chi connectivity index (χ0v) is 9.97. The minimum atomic E-state index is 0.376. The number of rotatable bonds is 4. The number of hydrogen-bond donors (Lipinski definition) is 0. The van der Waals surface area contributed by atoms with E-state index in [0.717, 1.165) is 11.5 Å². The van der Waals surface area contributed by atoms with Crippen molar-refractivity contribution in [3.63, 3.8) is 0 Å². The molecule has 0 amide bonds. The highest BCUT2D eigenvalue weighted by Gasteiger charge is 2.01. The van der Waals surface area contributed by atoms with Gasteiger partial charge in [-0.05, 0) is 35.7 Å². The Morgan fingerprint density at radius 2 is 1.53 bits per heavy atom. The SMILES string of the molecule is C=CC(C)c1ccc(Oc2ccccc2)cc1. The molecular formula is C16H16O. The van der Waals surface area contributed by atoms with E-state index in [0.29, 0.717) is 5.92 Å². The van der Waals surface area contributed by atoms with Crippen LogP contribution in [-0.4, -0.2) is 0 Å². The molecule has 17 heavy (non-hydrogen) atoms. The molecule has 0 heterocycles. The fourth-order valence-corrected chi connectivity index (χ4v) is 1.60. The van der Waals surface area contributed by atoms with Gasteiger partial charge in [0.1, 0.15) is 11.5 Å². The van der Waals surface area contributed by atoms with Crippen LogP contribution < -0.4 is 4.74 Å². The third-order valence-corrected chi connectivity index (χ3v) is 2.74. The first-order chi connectivity index (χ1) is 8.29. The summed E-state index contributed by atoms with van der Waals surface area (Å²) in [7, 11) is 0. The average Bonchev–Trinajstić information content (AvgIpc) is 2.40. The van der Waals surface area contributed by atoms with E-state index < -0.39 is 0 Å². The van der Waals surface area contributed by atoms with E-state index in [9.17, 15) is 0 Å². The number of hydrogen-bond acceptors (Lipinski definition) is 1. The molecule has 0 aromatic heterocycles. The van der Waals surface area contributed by atoms with Crippen LogP contribution in [0.4, 0.5) is 0 Å². The van der Waals surface area contributed by atoms with Gasteiger partial charge in [-0.25, -0.2) is 0 Å². The lowest BCUT2D eigenvalue weighted by molar-refractivity contribution is 0.482. The summed E-state index contributed by atoms with van der Waals surface area (Å²) in [6.45, 7) is 5.92. The molecule has 86 valence electrons. The predicted molar refractivity (Wildman–Crippen MR) is 71.6 cm³/mol. The topological polar surface area (TPSA) is 9.23 Å². The van der Waals surface area contributed by atoms with Crippen molar-refractivity contribution in [2.75, 3.05) is 0 Å². The molecule has 0 aliphatic rings. The van der Waals surface area contributed by atoms with Gasteiger partial charge < -0.3 is 4.74 Å². The van der Waals surface area contributed by atoms with Gasteiger partial charge in [-0.3, -0.25) is 0 Å². The fraction of sp³-hybridized carbons (Fsp3) is 0.125. The highest BCUT2D eigenvalue weighted by molar-refractivity contribution is 5.34. The van der Waals surface area contributed by atoms with Crippen molar-refractivity contribution < 1.29 is 4.74 Å². The fourth-order valence-electron chi connectivity index (χ4n) is 1.60. The van der Waals surface area contributed by atoms with Gasteiger partial charge in [0.25, 0.3) is 0 Å². The van der Waals surface area contributed by atoms with Crippen molar-refractivity contribution in [2.24, 2.45) is 0 Å². The van der Waals surface area contributed by atoms with Gasteiger partial charge in [0.05, 0.1) is 0 Å². The summed E-state index contributed by atoms with van der Waals surface area (Å²) in [6.07, 6.45) is 1.94. The molecule has 0 aliphatic heterocycles. The summed E-state index contributed by atoms with van der Waals surface area (Å²) in [5.74, 6) is 2.09. The van der Waals surface area contributed by atoms with Crippen LogP contribution in [0.15, 0.2) is 67.3 Å². The van der Waals surface area contributed by atoms with Crippen molar-refractivity contribution in [2.45, 2.75) is 12.8 Å². The highest BCUT2D eigenvalue weighted by Crippen LogP contribution is 2.23. The van der Waals surface area contributed by atoms with E-state index in [1.165, 1.54) is 5.56 Å². The zero-order chi connectivity index (χ0) is 12.1. The van der Waals surface area contributed by atoms with Crippen LogP contribution in [0, 0.1) is 0 Å². The van der Waals surface area contributed by atoms with Crippen LogP contribution in [0.1, 0.15) is 18.4 Å². The molecule has 0 saturated heterocycles. The number of benzene rings is 2. The number of ether oxygens (including phenoxy) is 1. The lowest BCUT2D eigenvalue weighted by Gasteiger charge is -2.08. The Morgan fingerprint density at radius 3 is 2.12 bits per heavy atom. The molecule has 0 fully saturated rings. The first-order valence-electron chi connectivity index (χ1n) is 5.75. The lowest BCUT2D eigenvalue weighted by atomic mass is 10.0. The summed E-state index contributed by atoms with van der Waals surface area (Å²) in [5.41, 5.74) is 1.25. The molecule has 2 aromatic carbocycles. The molecule has 0 bridgehead atoms. The van der Waals surface area contributed by atoms with Crippen LogP contribution in [-0.2, 0) is 0 Å². The molecule has 0 saturated carbocycles. The second-order valence-corrected chi connectivity index (χ2v) is 4.01. The highest BCUT2D eigenvalue weighted by atomic mass is 16.5. The summed E-state index contributed by atoms with van der Waals surface area (Å²) in [6, 6.07) is 17.9. The molecule has 1 nitrogen and oxygen atoms in total. The third-order valence-electron chi connectivity index (χ3n) is 2.74. The second kappa shape index (κ2) is 5.35. The molecule has 0 radical (unpaired) electrons. The Labute approximate surface area is 102 Å². The van der Waals surface area contributed by atoms with Gasteiger partial charge in [-0.1, -0.05) is 43.3 Å². The largest absolute Gasteiger partial charge is 0.457 e. The molecule has 2 aromatic rings. The van der Waals surface area contributed by atoms with E-state index in [4.69, 9.17) is 4.74 Å². The van der Waals surface area contributed by atoms with Crippen molar-refractivity contribution in [1.29, 1.82) is 0 Å². The Hall–Kier alpha value is -2.02. The first-order valence-corrected chi connectivity index (χ1v) is 5.75. The Kier molecular flexibility index (Phi) is 3.61. The van der Waals surface area contributed by atoms with Crippen LogP contribution in [0.25, 0.3) is 0 Å². The van der Waals surface area contributed by atoms with Gasteiger partial charge in [0, 0.05) is 0 Å². The van der Waals surface area contributed by atoms with Gasteiger partial charge >= 0.3 is 0 Å². The van der Waals surface area contributed by atoms with E-state index >= 15 is 0 Å². The van der Waals surface area contributed by atoms with Crippen molar-refractivity contribution >= 4 is 0 Å². The summed E-state index contributed by atoms with van der Waals surface area (Å²) >= 11 is 0. The minimum Gasteiger partial charge on any atom is -0.457 e. The molecule has 1 heteroatoms. The van der Waals surface area contributed by atoms with E-state index in [2.05, 4.69) is 25.6 Å². The molecular weight excluding hydrogens is 208 g/mol. The third kappa shape index (κ3) is 2.97. The molecule has 1 atom stereocenters. The quantitative estimate of drug-likeness (QED) is 0.680. The summed E-state index contributed by atoms with van der Waals surface area (Å²) in [5, 5.41) is 0. The first kappa shape index (κ1) is 11.5. The summed E-state index contributed by atoms with van der Waals surface area (Å²) < 4.78 is 5.72. The van der Waals surface area contributed by atoms with Gasteiger partial charge in [0.15, 0.2) is 0 Å². The molecule has 1 unspecified atom stereocenters. The molecule has 0 N–H and O–H groups in total. The minimum absolute atomic E-state index is 0.376. The monoisotopic (exact) mass is 224 g/mol. The van der Waals surface area contributed by atoms with E-state index in [1.54, 1.807) is 0 Å². The standard InChI is InChI=1S/C16H16O/c1-3-13(2)14-9-11-16(12-10-14)17-15-7-5-4-6-8-15/h3-13H,1H2,2H3.